The highest BCUT2D eigenvalue weighted by Gasteiger charge is 2.29. The van der Waals surface area contributed by atoms with Crippen molar-refractivity contribution in [1.29, 1.82) is 0 Å². The molecular formula is C21H27N3O. The summed E-state index contributed by atoms with van der Waals surface area (Å²) in [5.41, 5.74) is 3.21. The van der Waals surface area contributed by atoms with Crippen LogP contribution in [0.2, 0.25) is 0 Å². The molecule has 4 heteroatoms. The summed E-state index contributed by atoms with van der Waals surface area (Å²) >= 11 is 0. The lowest BCUT2D eigenvalue weighted by atomic mass is 9.99. The molecule has 0 aromatic heterocycles. The largest absolute Gasteiger partial charge is 0.333 e. The maximum absolute atomic E-state index is 12.4. The zero-order chi connectivity index (χ0) is 17.6. The highest BCUT2D eigenvalue weighted by Crippen LogP contribution is 2.28. The molecule has 25 heavy (non-hydrogen) atoms. The van der Waals surface area contributed by atoms with Crippen LogP contribution in [0.15, 0.2) is 54.6 Å². The lowest BCUT2D eigenvalue weighted by Gasteiger charge is -2.33. The first-order chi connectivity index (χ1) is 12.1. The number of hydrogen-bond acceptors (Lipinski definition) is 2. The molecule has 2 atom stereocenters. The van der Waals surface area contributed by atoms with Crippen LogP contribution in [-0.2, 0) is 0 Å². The Kier molecular flexibility index (Phi) is 5.71. The SMILES string of the molecule is Cc1cccc(NC(=O)N[C@H](C)[C@@H](c2ccccc2)N2CCCC2)c1. The average molecular weight is 337 g/mol. The number of aryl methyl sites for hydroxylation is 1. The van der Waals surface area contributed by atoms with Crippen molar-refractivity contribution >= 4 is 11.7 Å². The first kappa shape index (κ1) is 17.5. The number of amides is 2. The zero-order valence-electron chi connectivity index (χ0n) is 15.0. The van der Waals surface area contributed by atoms with Crippen molar-refractivity contribution in [2.75, 3.05) is 18.4 Å². The van der Waals surface area contributed by atoms with E-state index in [9.17, 15) is 4.79 Å². The second-order valence-electron chi connectivity index (χ2n) is 6.86. The third-order valence-corrected chi connectivity index (χ3v) is 4.78. The fourth-order valence-corrected chi connectivity index (χ4v) is 3.66. The number of anilines is 1. The Hall–Kier alpha value is -2.33. The summed E-state index contributed by atoms with van der Waals surface area (Å²) in [5, 5.41) is 6.07. The maximum atomic E-state index is 12.4. The fourth-order valence-electron chi connectivity index (χ4n) is 3.66. The average Bonchev–Trinajstić information content (AvgIpc) is 3.10. The molecule has 1 saturated heterocycles. The number of likely N-dealkylation sites (tertiary alicyclic amines) is 1. The topological polar surface area (TPSA) is 44.4 Å². The van der Waals surface area contributed by atoms with E-state index in [1.807, 2.05) is 37.3 Å². The lowest BCUT2D eigenvalue weighted by Crippen LogP contribution is -2.45. The van der Waals surface area contributed by atoms with Crippen molar-refractivity contribution in [3.05, 3.63) is 65.7 Å². The minimum absolute atomic E-state index is 0.0188. The first-order valence-electron chi connectivity index (χ1n) is 9.06. The molecular weight excluding hydrogens is 310 g/mol. The van der Waals surface area contributed by atoms with Crippen LogP contribution in [0, 0.1) is 6.92 Å². The Morgan fingerprint density at radius 3 is 2.44 bits per heavy atom. The molecule has 3 rings (SSSR count). The molecule has 1 aliphatic heterocycles. The van der Waals surface area contributed by atoms with Crippen molar-refractivity contribution < 1.29 is 4.79 Å². The molecule has 1 heterocycles. The molecule has 0 unspecified atom stereocenters. The molecule has 0 aliphatic carbocycles. The molecule has 1 aliphatic rings. The van der Waals surface area contributed by atoms with E-state index >= 15 is 0 Å². The van der Waals surface area contributed by atoms with Gasteiger partial charge in [-0.05, 0) is 63.0 Å². The predicted octanol–water partition coefficient (Wildman–Crippen LogP) is 4.34. The molecule has 4 nitrogen and oxygen atoms in total. The first-order valence-corrected chi connectivity index (χ1v) is 9.06. The Balaban J connectivity index is 1.69. The molecule has 1 fully saturated rings. The summed E-state index contributed by atoms with van der Waals surface area (Å²) in [7, 11) is 0. The van der Waals surface area contributed by atoms with E-state index in [2.05, 4.69) is 46.7 Å². The van der Waals surface area contributed by atoms with Crippen LogP contribution in [-0.4, -0.2) is 30.1 Å². The van der Waals surface area contributed by atoms with Crippen LogP contribution in [0.5, 0.6) is 0 Å². The smallest absolute Gasteiger partial charge is 0.319 e. The Bertz CT molecular complexity index is 695. The second kappa shape index (κ2) is 8.17. The van der Waals surface area contributed by atoms with Gasteiger partial charge in [0.2, 0.25) is 0 Å². The standard InChI is InChI=1S/C21H27N3O/c1-16-9-8-12-19(15-16)23-21(25)22-17(2)20(24-13-6-7-14-24)18-10-4-3-5-11-18/h3-5,8-12,15,17,20H,6-7,13-14H2,1-2H3,(H2,22,23,25)/t17-,20+/m1/s1. The highest BCUT2D eigenvalue weighted by atomic mass is 16.2. The van der Waals surface area contributed by atoms with Gasteiger partial charge in [0.1, 0.15) is 0 Å². The predicted molar refractivity (Wildman–Crippen MR) is 103 cm³/mol. The molecule has 132 valence electrons. The van der Waals surface area contributed by atoms with Gasteiger partial charge in [0, 0.05) is 11.7 Å². The lowest BCUT2D eigenvalue weighted by molar-refractivity contribution is 0.197. The van der Waals surface area contributed by atoms with Gasteiger partial charge in [-0.15, -0.1) is 0 Å². The van der Waals surface area contributed by atoms with Gasteiger partial charge in [-0.3, -0.25) is 4.90 Å². The van der Waals surface area contributed by atoms with E-state index < -0.39 is 0 Å². The van der Waals surface area contributed by atoms with Gasteiger partial charge in [0.15, 0.2) is 0 Å². The van der Waals surface area contributed by atoms with Gasteiger partial charge in [0.25, 0.3) is 0 Å². The monoisotopic (exact) mass is 337 g/mol. The number of carbonyl (C=O) groups excluding carboxylic acids is 1. The summed E-state index contributed by atoms with van der Waals surface area (Å²) < 4.78 is 0. The number of nitrogens with zero attached hydrogens (tertiary/aromatic N) is 1. The van der Waals surface area contributed by atoms with E-state index in [-0.39, 0.29) is 18.1 Å². The Morgan fingerprint density at radius 2 is 1.76 bits per heavy atom. The summed E-state index contributed by atoms with van der Waals surface area (Å²) in [4.78, 5) is 14.9. The van der Waals surface area contributed by atoms with Gasteiger partial charge in [-0.2, -0.15) is 0 Å². The number of rotatable bonds is 5. The van der Waals surface area contributed by atoms with E-state index in [0.29, 0.717) is 0 Å². The van der Waals surface area contributed by atoms with Crippen LogP contribution in [0.3, 0.4) is 0 Å². The number of carbonyl (C=O) groups is 1. The van der Waals surface area contributed by atoms with Gasteiger partial charge >= 0.3 is 6.03 Å². The number of hydrogen-bond donors (Lipinski definition) is 2. The van der Waals surface area contributed by atoms with Crippen LogP contribution >= 0.6 is 0 Å². The normalized spacial score (nSPS) is 17.0. The molecule has 2 aromatic carbocycles. The van der Waals surface area contributed by atoms with E-state index in [4.69, 9.17) is 0 Å². The number of benzene rings is 2. The molecule has 2 N–H and O–H groups in total. The maximum Gasteiger partial charge on any atom is 0.319 e. The highest BCUT2D eigenvalue weighted by molar-refractivity contribution is 5.89. The van der Waals surface area contributed by atoms with E-state index in [1.54, 1.807) is 0 Å². The minimum Gasteiger partial charge on any atom is -0.333 e. The molecule has 2 aromatic rings. The molecule has 2 amide bonds. The number of nitrogens with one attached hydrogen (secondary N) is 2. The molecule has 0 saturated carbocycles. The van der Waals surface area contributed by atoms with Crippen LogP contribution in [0.1, 0.15) is 36.9 Å². The molecule has 0 spiro atoms. The second-order valence-corrected chi connectivity index (χ2v) is 6.86. The summed E-state index contributed by atoms with van der Waals surface area (Å²) in [6, 6.07) is 18.4. The van der Waals surface area contributed by atoms with E-state index in [0.717, 1.165) is 24.3 Å². The van der Waals surface area contributed by atoms with Crippen molar-refractivity contribution in [1.82, 2.24) is 10.2 Å². The van der Waals surface area contributed by atoms with Crippen molar-refractivity contribution in [2.45, 2.75) is 38.8 Å². The minimum atomic E-state index is -0.154. The van der Waals surface area contributed by atoms with Crippen molar-refractivity contribution in [2.24, 2.45) is 0 Å². The Morgan fingerprint density at radius 1 is 1.04 bits per heavy atom. The van der Waals surface area contributed by atoms with Crippen molar-refractivity contribution in [3.8, 4) is 0 Å². The van der Waals surface area contributed by atoms with Crippen LogP contribution in [0.25, 0.3) is 0 Å². The molecule has 0 bridgehead atoms. The molecule has 0 radical (unpaired) electrons. The summed E-state index contributed by atoms with van der Waals surface area (Å²) in [6.45, 7) is 6.28. The summed E-state index contributed by atoms with van der Waals surface area (Å²) in [6.07, 6.45) is 2.46. The zero-order valence-corrected chi connectivity index (χ0v) is 15.0. The van der Waals surface area contributed by atoms with Gasteiger partial charge < -0.3 is 10.6 Å². The quantitative estimate of drug-likeness (QED) is 0.852. The number of urea groups is 1. The Labute approximate surface area is 150 Å². The van der Waals surface area contributed by atoms with Gasteiger partial charge in [-0.25, -0.2) is 4.79 Å². The van der Waals surface area contributed by atoms with Gasteiger partial charge in [-0.1, -0.05) is 42.5 Å². The van der Waals surface area contributed by atoms with Crippen molar-refractivity contribution in [3.63, 3.8) is 0 Å². The third kappa shape index (κ3) is 4.60. The van der Waals surface area contributed by atoms with Gasteiger partial charge in [0.05, 0.1) is 6.04 Å². The summed E-state index contributed by atoms with van der Waals surface area (Å²) in [5.74, 6) is 0. The van der Waals surface area contributed by atoms with E-state index in [1.165, 1.54) is 18.4 Å². The van der Waals surface area contributed by atoms with Crippen LogP contribution < -0.4 is 10.6 Å². The third-order valence-electron chi connectivity index (χ3n) is 4.78. The fraction of sp³-hybridized carbons (Fsp3) is 0.381. The van der Waals surface area contributed by atoms with Crippen LogP contribution in [0.4, 0.5) is 10.5 Å².